The molecule has 0 aliphatic carbocycles. The van der Waals surface area contributed by atoms with E-state index in [0.717, 1.165) is 11.1 Å². The summed E-state index contributed by atoms with van der Waals surface area (Å²) in [5.41, 5.74) is 7.90. The molecule has 1 atom stereocenters. The second kappa shape index (κ2) is 7.18. The molecule has 146 valence electrons. The van der Waals surface area contributed by atoms with Gasteiger partial charge >= 0.3 is 0 Å². The molecule has 1 heterocycles. The van der Waals surface area contributed by atoms with Gasteiger partial charge in [0.1, 0.15) is 0 Å². The summed E-state index contributed by atoms with van der Waals surface area (Å²) in [5, 5.41) is 11.4. The van der Waals surface area contributed by atoms with Crippen molar-refractivity contribution in [2.75, 3.05) is 10.6 Å². The SMILES string of the molecule is Cc1ccccc1CN1C(=O)C(O)(CC(=O)c2ccc(N)cc2)c2ccccc21. The van der Waals surface area contributed by atoms with Crippen LogP contribution in [-0.2, 0) is 16.9 Å². The highest BCUT2D eigenvalue weighted by atomic mass is 16.3. The fraction of sp³-hybridized carbons (Fsp3) is 0.167. The molecule has 1 aliphatic rings. The Hall–Kier alpha value is -3.44. The number of Topliss-reactive ketones (excluding diaryl/α,β-unsaturated/α-hetero) is 1. The minimum atomic E-state index is -1.89. The second-order valence-electron chi connectivity index (χ2n) is 7.42. The maximum Gasteiger partial charge on any atom is 0.264 e. The smallest absolute Gasteiger partial charge is 0.264 e. The molecule has 3 aromatic carbocycles. The maximum absolute atomic E-state index is 13.3. The topological polar surface area (TPSA) is 83.6 Å². The summed E-state index contributed by atoms with van der Waals surface area (Å²) >= 11 is 0. The highest BCUT2D eigenvalue weighted by Gasteiger charge is 2.50. The molecule has 0 saturated heterocycles. The Bertz CT molecular complexity index is 1090. The molecule has 3 N–H and O–H groups in total. The largest absolute Gasteiger partial charge is 0.399 e. The van der Waals surface area contributed by atoms with Crippen LogP contribution >= 0.6 is 0 Å². The lowest BCUT2D eigenvalue weighted by molar-refractivity contribution is -0.136. The van der Waals surface area contributed by atoms with Crippen molar-refractivity contribution in [2.24, 2.45) is 0 Å². The first kappa shape index (κ1) is 18.9. The number of anilines is 2. The number of hydrogen-bond acceptors (Lipinski definition) is 4. The van der Waals surface area contributed by atoms with Gasteiger partial charge in [0.25, 0.3) is 5.91 Å². The molecule has 0 fully saturated rings. The quantitative estimate of drug-likeness (QED) is 0.519. The molecule has 29 heavy (non-hydrogen) atoms. The summed E-state index contributed by atoms with van der Waals surface area (Å²) in [7, 11) is 0. The molecule has 5 heteroatoms. The summed E-state index contributed by atoms with van der Waals surface area (Å²) < 4.78 is 0. The van der Waals surface area contributed by atoms with E-state index in [1.165, 1.54) is 0 Å². The number of aliphatic hydroxyl groups is 1. The molecule has 0 saturated carbocycles. The summed E-state index contributed by atoms with van der Waals surface area (Å²) in [4.78, 5) is 27.7. The van der Waals surface area contributed by atoms with E-state index in [-0.39, 0.29) is 12.2 Å². The maximum atomic E-state index is 13.3. The van der Waals surface area contributed by atoms with E-state index in [4.69, 9.17) is 5.73 Å². The van der Waals surface area contributed by atoms with Crippen molar-refractivity contribution in [1.82, 2.24) is 0 Å². The molecule has 3 aromatic rings. The molecule has 1 amide bonds. The second-order valence-corrected chi connectivity index (χ2v) is 7.42. The molecule has 1 unspecified atom stereocenters. The number of ketones is 1. The lowest BCUT2D eigenvalue weighted by Gasteiger charge is -2.23. The zero-order valence-corrected chi connectivity index (χ0v) is 16.1. The predicted molar refractivity (Wildman–Crippen MR) is 113 cm³/mol. The van der Waals surface area contributed by atoms with E-state index < -0.39 is 11.5 Å². The molecule has 0 spiro atoms. The highest BCUT2D eigenvalue weighted by molar-refractivity contribution is 6.10. The minimum absolute atomic E-state index is 0.312. The van der Waals surface area contributed by atoms with Gasteiger partial charge in [0.05, 0.1) is 18.7 Å². The Kier molecular flexibility index (Phi) is 4.68. The number of nitrogens with zero attached hydrogens (tertiary/aromatic N) is 1. The van der Waals surface area contributed by atoms with Gasteiger partial charge in [0.15, 0.2) is 11.4 Å². The van der Waals surface area contributed by atoms with Crippen LogP contribution in [0.3, 0.4) is 0 Å². The standard InChI is InChI=1S/C24H22N2O3/c1-16-6-2-3-7-18(16)15-26-21-9-5-4-8-20(21)24(29,23(26)28)14-22(27)17-10-12-19(25)13-11-17/h2-13,29H,14-15,25H2,1H3. The molecule has 0 radical (unpaired) electrons. The molecule has 0 aromatic heterocycles. The van der Waals surface area contributed by atoms with E-state index in [9.17, 15) is 14.7 Å². The fourth-order valence-electron chi connectivity index (χ4n) is 3.80. The molecular weight excluding hydrogens is 364 g/mol. The Morgan fingerprint density at radius 1 is 1.00 bits per heavy atom. The molecule has 5 nitrogen and oxygen atoms in total. The van der Waals surface area contributed by atoms with Gasteiger partial charge in [-0.2, -0.15) is 0 Å². The third kappa shape index (κ3) is 3.30. The lowest BCUT2D eigenvalue weighted by Crippen LogP contribution is -2.41. The van der Waals surface area contributed by atoms with Crippen LogP contribution in [0.2, 0.25) is 0 Å². The number of hydrogen-bond donors (Lipinski definition) is 2. The highest BCUT2D eigenvalue weighted by Crippen LogP contribution is 2.43. The zero-order chi connectivity index (χ0) is 20.6. The Morgan fingerprint density at radius 3 is 2.38 bits per heavy atom. The number of aryl methyl sites for hydroxylation is 1. The number of amides is 1. The average Bonchev–Trinajstić information content (AvgIpc) is 2.92. The van der Waals surface area contributed by atoms with Gasteiger partial charge in [-0.15, -0.1) is 0 Å². The number of fused-ring (bicyclic) bond motifs is 1. The monoisotopic (exact) mass is 386 g/mol. The number of nitrogen functional groups attached to an aromatic ring is 1. The van der Waals surface area contributed by atoms with Crippen molar-refractivity contribution < 1.29 is 14.7 Å². The molecule has 4 rings (SSSR count). The number of carbonyl (C=O) groups excluding carboxylic acids is 2. The number of rotatable bonds is 5. The first-order valence-corrected chi connectivity index (χ1v) is 9.47. The van der Waals surface area contributed by atoms with Crippen LogP contribution in [0, 0.1) is 6.92 Å². The molecule has 0 bridgehead atoms. The van der Waals surface area contributed by atoms with E-state index >= 15 is 0 Å². The van der Waals surface area contributed by atoms with Crippen LogP contribution in [-0.4, -0.2) is 16.8 Å². The number of benzene rings is 3. The van der Waals surface area contributed by atoms with Gasteiger partial charge < -0.3 is 15.7 Å². The van der Waals surface area contributed by atoms with Crippen LogP contribution in [0.1, 0.15) is 33.5 Å². The molecule has 1 aliphatic heterocycles. The first-order chi connectivity index (χ1) is 13.9. The van der Waals surface area contributed by atoms with Crippen molar-refractivity contribution in [1.29, 1.82) is 0 Å². The van der Waals surface area contributed by atoms with E-state index in [2.05, 4.69) is 0 Å². The van der Waals surface area contributed by atoms with Gasteiger partial charge in [-0.25, -0.2) is 0 Å². The Morgan fingerprint density at radius 2 is 1.66 bits per heavy atom. The average molecular weight is 386 g/mol. The van der Waals surface area contributed by atoms with Crippen LogP contribution < -0.4 is 10.6 Å². The molecular formula is C24H22N2O3. The van der Waals surface area contributed by atoms with Crippen molar-refractivity contribution in [3.8, 4) is 0 Å². The number of nitrogens with two attached hydrogens (primary N) is 1. The van der Waals surface area contributed by atoms with E-state index in [0.29, 0.717) is 29.0 Å². The van der Waals surface area contributed by atoms with Crippen LogP contribution in [0.5, 0.6) is 0 Å². The Balaban J connectivity index is 1.69. The van der Waals surface area contributed by atoms with Crippen molar-refractivity contribution in [3.05, 3.63) is 95.1 Å². The summed E-state index contributed by atoms with van der Waals surface area (Å²) in [6, 6.07) is 21.4. The van der Waals surface area contributed by atoms with Crippen LogP contribution in [0.4, 0.5) is 11.4 Å². The van der Waals surface area contributed by atoms with Gasteiger partial charge in [-0.3, -0.25) is 9.59 Å². The summed E-state index contributed by atoms with van der Waals surface area (Å²) in [6.07, 6.45) is -0.322. The lowest BCUT2D eigenvalue weighted by atomic mass is 9.88. The predicted octanol–water partition coefficient (Wildman–Crippen LogP) is 3.58. The normalized spacial score (nSPS) is 18.0. The summed E-state index contributed by atoms with van der Waals surface area (Å²) in [5.74, 6) is -0.792. The van der Waals surface area contributed by atoms with Gasteiger partial charge in [-0.1, -0.05) is 42.5 Å². The van der Waals surface area contributed by atoms with Gasteiger partial charge in [0.2, 0.25) is 0 Å². The fourth-order valence-corrected chi connectivity index (χ4v) is 3.80. The first-order valence-electron chi connectivity index (χ1n) is 9.47. The van der Waals surface area contributed by atoms with Crippen molar-refractivity contribution in [3.63, 3.8) is 0 Å². The van der Waals surface area contributed by atoms with Gasteiger partial charge in [0, 0.05) is 16.8 Å². The van der Waals surface area contributed by atoms with Crippen molar-refractivity contribution >= 4 is 23.1 Å². The Labute approximate surface area is 169 Å². The third-order valence-corrected chi connectivity index (χ3v) is 5.48. The minimum Gasteiger partial charge on any atom is -0.399 e. The number of carbonyl (C=O) groups is 2. The van der Waals surface area contributed by atoms with E-state index in [1.807, 2.05) is 37.3 Å². The number of para-hydroxylation sites is 1. The summed E-state index contributed by atoms with van der Waals surface area (Å²) in [6.45, 7) is 2.32. The van der Waals surface area contributed by atoms with E-state index in [1.54, 1.807) is 47.4 Å². The van der Waals surface area contributed by atoms with Crippen LogP contribution in [0.25, 0.3) is 0 Å². The van der Waals surface area contributed by atoms with Crippen molar-refractivity contribution in [2.45, 2.75) is 25.5 Å². The van der Waals surface area contributed by atoms with Crippen LogP contribution in [0.15, 0.2) is 72.8 Å². The zero-order valence-electron chi connectivity index (χ0n) is 16.1. The third-order valence-electron chi connectivity index (χ3n) is 5.48. The van der Waals surface area contributed by atoms with Gasteiger partial charge in [-0.05, 0) is 48.4 Å².